The molecule has 0 bridgehead atoms. The van der Waals surface area contributed by atoms with Gasteiger partial charge in [-0.2, -0.15) is 0 Å². The average Bonchev–Trinajstić information content (AvgIpc) is 2.78. The lowest BCUT2D eigenvalue weighted by molar-refractivity contribution is -0.135. The summed E-state index contributed by atoms with van der Waals surface area (Å²) < 4.78 is 0. The predicted octanol–water partition coefficient (Wildman–Crippen LogP) is 2.72. The van der Waals surface area contributed by atoms with Crippen molar-refractivity contribution in [2.45, 2.75) is 38.8 Å². The molecule has 0 aromatic heterocycles. The molecule has 1 aliphatic rings. The smallest absolute Gasteiger partial charge is 0.325 e. The molecule has 0 saturated carbocycles. The van der Waals surface area contributed by atoms with Crippen molar-refractivity contribution in [3.8, 4) is 0 Å². The number of hydrogen-bond donors (Lipinski definition) is 2. The number of carbonyl (C=O) groups excluding carboxylic acids is 3. The van der Waals surface area contributed by atoms with Crippen molar-refractivity contribution in [1.82, 2.24) is 15.5 Å². The van der Waals surface area contributed by atoms with Crippen LogP contribution in [0.15, 0.2) is 18.2 Å². The van der Waals surface area contributed by atoms with Gasteiger partial charge in [-0.3, -0.25) is 14.5 Å². The van der Waals surface area contributed by atoms with Crippen LogP contribution in [0.2, 0.25) is 10.0 Å². The van der Waals surface area contributed by atoms with Gasteiger partial charge >= 0.3 is 6.03 Å². The van der Waals surface area contributed by atoms with Gasteiger partial charge in [0.25, 0.3) is 5.91 Å². The molecule has 2 rings (SSSR count). The van der Waals surface area contributed by atoms with E-state index in [4.69, 9.17) is 23.2 Å². The molecule has 1 aromatic rings. The molecule has 130 valence electrons. The zero-order valence-electron chi connectivity index (χ0n) is 13.5. The molecule has 0 unspecified atom stereocenters. The fraction of sp³-hybridized carbons (Fsp3) is 0.438. The molecule has 2 N–H and O–H groups in total. The molecule has 24 heavy (non-hydrogen) atoms. The minimum absolute atomic E-state index is 0.186. The molecule has 8 heteroatoms. The fourth-order valence-electron chi connectivity index (χ4n) is 2.61. The molecule has 0 spiro atoms. The maximum Gasteiger partial charge on any atom is 0.325 e. The molecule has 1 saturated heterocycles. The third kappa shape index (κ3) is 3.65. The molecule has 0 atom stereocenters. The van der Waals surface area contributed by atoms with Gasteiger partial charge in [-0.1, -0.05) is 43.1 Å². The van der Waals surface area contributed by atoms with Crippen LogP contribution in [0, 0.1) is 0 Å². The first-order valence-corrected chi connectivity index (χ1v) is 8.43. The van der Waals surface area contributed by atoms with Gasteiger partial charge in [-0.25, -0.2) is 4.79 Å². The first-order valence-electron chi connectivity index (χ1n) is 7.67. The van der Waals surface area contributed by atoms with Crippen LogP contribution < -0.4 is 10.6 Å². The Bertz CT molecular complexity index is 675. The van der Waals surface area contributed by atoms with Crippen molar-refractivity contribution in [1.29, 1.82) is 0 Å². The SMILES string of the molecule is CCC1(CC)NC(=O)N(CC(=O)NCc2ccc(Cl)cc2Cl)C1=O. The third-order valence-electron chi connectivity index (χ3n) is 4.25. The zero-order valence-corrected chi connectivity index (χ0v) is 15.0. The van der Waals surface area contributed by atoms with Crippen molar-refractivity contribution in [2.75, 3.05) is 6.54 Å². The van der Waals surface area contributed by atoms with Crippen LogP contribution in [0.25, 0.3) is 0 Å². The van der Waals surface area contributed by atoms with Crippen molar-refractivity contribution in [3.05, 3.63) is 33.8 Å². The zero-order chi connectivity index (χ0) is 17.9. The summed E-state index contributed by atoms with van der Waals surface area (Å²) in [6.45, 7) is 3.52. The van der Waals surface area contributed by atoms with Crippen molar-refractivity contribution in [3.63, 3.8) is 0 Å². The summed E-state index contributed by atoms with van der Waals surface area (Å²) >= 11 is 11.9. The minimum Gasteiger partial charge on any atom is -0.350 e. The average molecular weight is 372 g/mol. The van der Waals surface area contributed by atoms with Gasteiger partial charge in [0, 0.05) is 16.6 Å². The summed E-state index contributed by atoms with van der Waals surface area (Å²) in [7, 11) is 0. The van der Waals surface area contributed by atoms with E-state index in [1.54, 1.807) is 18.2 Å². The number of nitrogens with one attached hydrogen (secondary N) is 2. The van der Waals surface area contributed by atoms with E-state index in [1.807, 2.05) is 13.8 Å². The number of carbonyl (C=O) groups is 3. The first-order chi connectivity index (χ1) is 11.3. The fourth-order valence-corrected chi connectivity index (χ4v) is 3.08. The van der Waals surface area contributed by atoms with Gasteiger partial charge in [-0.05, 0) is 30.5 Å². The van der Waals surface area contributed by atoms with Gasteiger partial charge in [0.1, 0.15) is 12.1 Å². The molecule has 0 radical (unpaired) electrons. The highest BCUT2D eigenvalue weighted by molar-refractivity contribution is 6.35. The van der Waals surface area contributed by atoms with Crippen molar-refractivity contribution < 1.29 is 14.4 Å². The van der Waals surface area contributed by atoms with Gasteiger partial charge in [0.05, 0.1) is 0 Å². The first kappa shape index (κ1) is 18.5. The number of benzene rings is 1. The maximum atomic E-state index is 12.4. The number of hydrogen-bond acceptors (Lipinski definition) is 3. The Kier molecular flexibility index (Phi) is 5.72. The highest BCUT2D eigenvalue weighted by Gasteiger charge is 2.49. The standard InChI is InChI=1S/C16H19Cl2N3O3/c1-3-16(4-2)14(23)21(15(24)20-16)9-13(22)19-8-10-5-6-11(17)7-12(10)18/h5-7H,3-4,8-9H2,1-2H3,(H,19,22)(H,20,24). The van der Waals surface area contributed by atoms with Gasteiger partial charge < -0.3 is 10.6 Å². The lowest BCUT2D eigenvalue weighted by atomic mass is 9.93. The van der Waals surface area contributed by atoms with Gasteiger partial charge in [-0.15, -0.1) is 0 Å². The molecule has 4 amide bonds. The predicted molar refractivity (Wildman–Crippen MR) is 91.9 cm³/mol. The van der Waals surface area contributed by atoms with E-state index in [2.05, 4.69) is 10.6 Å². The second kappa shape index (κ2) is 7.40. The Balaban J connectivity index is 1.97. The topological polar surface area (TPSA) is 78.5 Å². The summed E-state index contributed by atoms with van der Waals surface area (Å²) in [6.07, 6.45) is 0.957. The van der Waals surface area contributed by atoms with Crippen LogP contribution in [-0.2, 0) is 16.1 Å². The number of halogens is 2. The van der Waals surface area contributed by atoms with Gasteiger partial charge in [0.2, 0.25) is 5.91 Å². The normalized spacial score (nSPS) is 16.2. The summed E-state index contributed by atoms with van der Waals surface area (Å²) in [6, 6.07) is 4.42. The van der Waals surface area contributed by atoms with Crippen LogP contribution in [0.1, 0.15) is 32.3 Å². The summed E-state index contributed by atoms with van der Waals surface area (Å²) in [4.78, 5) is 37.5. The Morgan fingerprint density at radius 1 is 1.25 bits per heavy atom. The molecule has 1 aromatic carbocycles. The van der Waals surface area contributed by atoms with E-state index in [-0.39, 0.29) is 19.0 Å². The summed E-state index contributed by atoms with van der Waals surface area (Å²) in [5.41, 5.74) is -0.209. The van der Waals surface area contributed by atoms with Crippen LogP contribution in [0.4, 0.5) is 4.79 Å². The Hall–Kier alpha value is -1.79. The lowest BCUT2D eigenvalue weighted by Crippen LogP contribution is -2.46. The largest absolute Gasteiger partial charge is 0.350 e. The van der Waals surface area contributed by atoms with E-state index in [0.29, 0.717) is 28.5 Å². The molecule has 6 nitrogen and oxygen atoms in total. The highest BCUT2D eigenvalue weighted by atomic mass is 35.5. The molecular formula is C16H19Cl2N3O3. The van der Waals surface area contributed by atoms with Crippen LogP contribution >= 0.6 is 23.2 Å². The van der Waals surface area contributed by atoms with Crippen molar-refractivity contribution in [2.24, 2.45) is 0 Å². The van der Waals surface area contributed by atoms with E-state index >= 15 is 0 Å². The molecule has 1 aliphatic heterocycles. The minimum atomic E-state index is -0.906. The quantitative estimate of drug-likeness (QED) is 0.754. The lowest BCUT2D eigenvalue weighted by Gasteiger charge is -2.23. The highest BCUT2D eigenvalue weighted by Crippen LogP contribution is 2.24. The summed E-state index contributed by atoms with van der Waals surface area (Å²) in [5.74, 6) is -0.801. The Morgan fingerprint density at radius 2 is 1.92 bits per heavy atom. The van der Waals surface area contributed by atoms with Crippen LogP contribution in [0.5, 0.6) is 0 Å². The van der Waals surface area contributed by atoms with E-state index in [1.165, 1.54) is 0 Å². The summed E-state index contributed by atoms with van der Waals surface area (Å²) in [5, 5.41) is 6.28. The monoisotopic (exact) mass is 371 g/mol. The van der Waals surface area contributed by atoms with Crippen LogP contribution in [-0.4, -0.2) is 34.8 Å². The second-order valence-corrected chi connectivity index (χ2v) is 6.47. The number of amides is 4. The molecular weight excluding hydrogens is 353 g/mol. The second-order valence-electron chi connectivity index (χ2n) is 5.62. The van der Waals surface area contributed by atoms with Crippen molar-refractivity contribution >= 4 is 41.0 Å². The number of imide groups is 1. The third-order valence-corrected chi connectivity index (χ3v) is 4.83. The van der Waals surface area contributed by atoms with E-state index in [0.717, 1.165) is 4.90 Å². The van der Waals surface area contributed by atoms with E-state index < -0.39 is 17.5 Å². The molecule has 0 aliphatic carbocycles. The molecule has 1 heterocycles. The van der Waals surface area contributed by atoms with E-state index in [9.17, 15) is 14.4 Å². The molecule has 1 fully saturated rings. The Labute approximate surface area is 150 Å². The van der Waals surface area contributed by atoms with Crippen LogP contribution in [0.3, 0.4) is 0 Å². The Morgan fingerprint density at radius 3 is 2.46 bits per heavy atom. The number of nitrogens with zero attached hydrogens (tertiary/aromatic N) is 1. The number of rotatable bonds is 6. The van der Waals surface area contributed by atoms with Gasteiger partial charge in [0.15, 0.2) is 0 Å². The maximum absolute atomic E-state index is 12.4. The number of urea groups is 1.